The number of nitrogens with zero attached hydrogens (tertiary/aromatic N) is 2. The number of aliphatic hydroxyl groups excluding tert-OH is 1. The van der Waals surface area contributed by atoms with Gasteiger partial charge in [-0.2, -0.15) is 0 Å². The van der Waals surface area contributed by atoms with E-state index in [1.807, 2.05) is 6.92 Å². The fraction of sp³-hybridized carbons (Fsp3) is 0.500. The molecule has 0 fully saturated rings. The summed E-state index contributed by atoms with van der Waals surface area (Å²) in [6.45, 7) is 4.57. The molecule has 0 bridgehead atoms. The Morgan fingerprint density at radius 1 is 1.67 bits per heavy atom. The summed E-state index contributed by atoms with van der Waals surface area (Å²) < 4.78 is 0.748. The van der Waals surface area contributed by atoms with Crippen LogP contribution in [0, 0.1) is 0 Å². The van der Waals surface area contributed by atoms with Crippen LogP contribution in [0.5, 0.6) is 0 Å². The zero-order valence-electron chi connectivity index (χ0n) is 10.8. The van der Waals surface area contributed by atoms with Crippen molar-refractivity contribution in [3.8, 4) is 0 Å². The number of likely N-dealkylation sites (N-methyl/N-ethyl adjacent to an activating group) is 1. The molecule has 0 radical (unpaired) electrons. The summed E-state index contributed by atoms with van der Waals surface area (Å²) in [5, 5.41) is 12.4. The van der Waals surface area contributed by atoms with Crippen molar-refractivity contribution >= 4 is 27.7 Å². The number of nitrogens with one attached hydrogen (secondary N) is 1. The van der Waals surface area contributed by atoms with Gasteiger partial charge in [-0.05, 0) is 35.8 Å². The fourth-order valence-electron chi connectivity index (χ4n) is 1.60. The topological polar surface area (TPSA) is 65.5 Å². The number of hydrogen-bond acceptors (Lipinski definition) is 4. The molecule has 0 aliphatic rings. The van der Waals surface area contributed by atoms with Crippen molar-refractivity contribution in [2.75, 3.05) is 25.5 Å². The van der Waals surface area contributed by atoms with Crippen molar-refractivity contribution < 1.29 is 9.90 Å². The molecule has 5 nitrogen and oxygen atoms in total. The van der Waals surface area contributed by atoms with E-state index in [4.69, 9.17) is 0 Å². The number of pyridine rings is 1. The van der Waals surface area contributed by atoms with E-state index in [1.165, 1.54) is 4.90 Å². The first-order valence-electron chi connectivity index (χ1n) is 5.78. The molecule has 1 heterocycles. The predicted octanol–water partition coefficient (Wildman–Crippen LogP) is 1.73. The van der Waals surface area contributed by atoms with Gasteiger partial charge in [0.15, 0.2) is 0 Å². The minimum Gasteiger partial charge on any atom is -0.392 e. The summed E-state index contributed by atoms with van der Waals surface area (Å²) in [6, 6.07) is 1.73. The van der Waals surface area contributed by atoms with Gasteiger partial charge >= 0.3 is 0 Å². The minimum atomic E-state index is -0.554. The Morgan fingerprint density at radius 2 is 2.33 bits per heavy atom. The highest BCUT2D eigenvalue weighted by atomic mass is 79.9. The minimum absolute atomic E-state index is 0.166. The zero-order valence-corrected chi connectivity index (χ0v) is 12.4. The molecule has 1 atom stereocenters. The number of rotatable bonds is 5. The standard InChI is InChI=1S/C12H18BrN3O2/c1-4-14-11-10(5-9(13)6-15-11)12(18)16(3)7-8(2)17/h5-6,8,17H,4,7H2,1-3H3,(H,14,15). The normalized spacial score (nSPS) is 12.1. The quantitative estimate of drug-likeness (QED) is 0.868. The number of aliphatic hydroxyl groups is 1. The lowest BCUT2D eigenvalue weighted by Gasteiger charge is -2.20. The molecule has 1 unspecified atom stereocenters. The number of carbonyl (C=O) groups is 1. The highest BCUT2D eigenvalue weighted by Crippen LogP contribution is 2.19. The number of hydrogen-bond donors (Lipinski definition) is 2. The van der Waals surface area contributed by atoms with Crippen LogP contribution in [0.3, 0.4) is 0 Å². The first-order chi connectivity index (χ1) is 8.45. The Morgan fingerprint density at radius 3 is 2.89 bits per heavy atom. The summed E-state index contributed by atoms with van der Waals surface area (Å²) in [6.07, 6.45) is 1.09. The molecule has 100 valence electrons. The first-order valence-corrected chi connectivity index (χ1v) is 6.58. The maximum Gasteiger partial charge on any atom is 0.257 e. The maximum atomic E-state index is 12.2. The molecule has 1 rings (SSSR count). The molecule has 0 saturated heterocycles. The van der Waals surface area contributed by atoms with Crippen molar-refractivity contribution in [2.45, 2.75) is 20.0 Å². The molecule has 1 amide bonds. The Kier molecular flexibility index (Phi) is 5.55. The van der Waals surface area contributed by atoms with Gasteiger partial charge in [0.05, 0.1) is 11.7 Å². The fourth-order valence-corrected chi connectivity index (χ4v) is 1.93. The Hall–Kier alpha value is -1.14. The summed E-state index contributed by atoms with van der Waals surface area (Å²) in [4.78, 5) is 17.9. The molecular formula is C12H18BrN3O2. The molecule has 0 aliphatic carbocycles. The summed E-state index contributed by atoms with van der Waals surface area (Å²) >= 11 is 3.31. The molecule has 2 N–H and O–H groups in total. The summed E-state index contributed by atoms with van der Waals surface area (Å²) in [5.41, 5.74) is 0.495. The van der Waals surface area contributed by atoms with Crippen LogP contribution in [0.15, 0.2) is 16.7 Å². The second-order valence-corrected chi connectivity index (χ2v) is 5.03. The van der Waals surface area contributed by atoms with Gasteiger partial charge in [0.1, 0.15) is 5.82 Å². The van der Waals surface area contributed by atoms with E-state index < -0.39 is 6.10 Å². The van der Waals surface area contributed by atoms with Crippen LogP contribution in [0.1, 0.15) is 24.2 Å². The van der Waals surface area contributed by atoms with E-state index in [1.54, 1.807) is 26.2 Å². The van der Waals surface area contributed by atoms with Crippen LogP contribution in [0.4, 0.5) is 5.82 Å². The molecule has 1 aromatic rings. The third-order valence-electron chi connectivity index (χ3n) is 2.31. The molecule has 0 aromatic carbocycles. The van der Waals surface area contributed by atoms with Crippen LogP contribution >= 0.6 is 15.9 Å². The summed E-state index contributed by atoms with van der Waals surface area (Å²) in [5.74, 6) is 0.392. The second kappa shape index (κ2) is 6.70. The van der Waals surface area contributed by atoms with Gasteiger partial charge in [-0.25, -0.2) is 4.98 Å². The number of carbonyl (C=O) groups excluding carboxylic acids is 1. The van der Waals surface area contributed by atoms with Crippen LogP contribution < -0.4 is 5.32 Å². The Balaban J connectivity index is 2.99. The largest absolute Gasteiger partial charge is 0.392 e. The molecule has 6 heteroatoms. The van der Waals surface area contributed by atoms with Crippen LogP contribution in [-0.4, -0.2) is 47.1 Å². The monoisotopic (exact) mass is 315 g/mol. The molecule has 0 spiro atoms. The lowest BCUT2D eigenvalue weighted by atomic mass is 10.2. The van der Waals surface area contributed by atoms with Gasteiger partial charge in [-0.3, -0.25) is 4.79 Å². The van der Waals surface area contributed by atoms with E-state index >= 15 is 0 Å². The van der Waals surface area contributed by atoms with E-state index in [0.29, 0.717) is 17.9 Å². The number of halogens is 1. The number of anilines is 1. The Labute approximate surface area is 115 Å². The second-order valence-electron chi connectivity index (χ2n) is 4.11. The van der Waals surface area contributed by atoms with Crippen molar-refractivity contribution in [1.82, 2.24) is 9.88 Å². The third kappa shape index (κ3) is 3.96. The maximum absolute atomic E-state index is 12.2. The Bertz CT molecular complexity index is 424. The van der Waals surface area contributed by atoms with Crippen molar-refractivity contribution in [3.63, 3.8) is 0 Å². The van der Waals surface area contributed by atoms with E-state index in [0.717, 1.165) is 4.47 Å². The molecule has 0 saturated carbocycles. The van der Waals surface area contributed by atoms with Crippen LogP contribution in [0.25, 0.3) is 0 Å². The lowest BCUT2D eigenvalue weighted by Crippen LogP contribution is -2.33. The highest BCUT2D eigenvalue weighted by molar-refractivity contribution is 9.10. The molecule has 18 heavy (non-hydrogen) atoms. The average Bonchev–Trinajstić information content (AvgIpc) is 2.30. The van der Waals surface area contributed by atoms with Gasteiger partial charge in [-0.1, -0.05) is 0 Å². The smallest absolute Gasteiger partial charge is 0.257 e. The van der Waals surface area contributed by atoms with E-state index in [9.17, 15) is 9.90 Å². The first kappa shape index (κ1) is 14.9. The average molecular weight is 316 g/mol. The molecule has 0 aliphatic heterocycles. The lowest BCUT2D eigenvalue weighted by molar-refractivity contribution is 0.0704. The van der Waals surface area contributed by atoms with Gasteiger partial charge in [0.25, 0.3) is 5.91 Å². The zero-order chi connectivity index (χ0) is 13.7. The van der Waals surface area contributed by atoms with Gasteiger partial charge in [0.2, 0.25) is 0 Å². The molecular weight excluding hydrogens is 298 g/mol. The predicted molar refractivity (Wildman–Crippen MR) is 74.7 cm³/mol. The summed E-state index contributed by atoms with van der Waals surface area (Å²) in [7, 11) is 1.66. The van der Waals surface area contributed by atoms with Crippen molar-refractivity contribution in [2.24, 2.45) is 0 Å². The highest BCUT2D eigenvalue weighted by Gasteiger charge is 2.18. The van der Waals surface area contributed by atoms with Crippen LogP contribution in [-0.2, 0) is 0 Å². The van der Waals surface area contributed by atoms with E-state index in [-0.39, 0.29) is 12.5 Å². The van der Waals surface area contributed by atoms with Gasteiger partial charge in [-0.15, -0.1) is 0 Å². The number of amides is 1. The van der Waals surface area contributed by atoms with E-state index in [2.05, 4.69) is 26.2 Å². The van der Waals surface area contributed by atoms with Crippen molar-refractivity contribution in [1.29, 1.82) is 0 Å². The third-order valence-corrected chi connectivity index (χ3v) is 2.75. The van der Waals surface area contributed by atoms with Crippen molar-refractivity contribution in [3.05, 3.63) is 22.3 Å². The SMILES string of the molecule is CCNc1ncc(Br)cc1C(=O)N(C)CC(C)O. The van der Waals surface area contributed by atoms with Crippen LogP contribution in [0.2, 0.25) is 0 Å². The molecule has 1 aromatic heterocycles. The number of aromatic nitrogens is 1. The van der Waals surface area contributed by atoms with Gasteiger partial charge in [0, 0.05) is 30.8 Å². The van der Waals surface area contributed by atoms with Gasteiger partial charge < -0.3 is 15.3 Å².